The van der Waals surface area contributed by atoms with Crippen LogP contribution in [0.15, 0.2) is 36.4 Å². The molecule has 0 spiro atoms. The van der Waals surface area contributed by atoms with Crippen LogP contribution in [-0.2, 0) is 24.2 Å². The van der Waals surface area contributed by atoms with Crippen LogP contribution in [0, 0.1) is 0 Å². The molecule has 0 saturated heterocycles. The summed E-state index contributed by atoms with van der Waals surface area (Å²) in [4.78, 5) is 11.4. The van der Waals surface area contributed by atoms with Crippen LogP contribution in [0.2, 0.25) is 10.0 Å². The van der Waals surface area contributed by atoms with E-state index >= 15 is 0 Å². The number of hydrogen-bond donors (Lipinski definition) is 0. The molecule has 2 aromatic rings. The lowest BCUT2D eigenvalue weighted by Gasteiger charge is -2.16. The predicted molar refractivity (Wildman–Crippen MR) is 95.6 cm³/mol. The molecule has 2 nitrogen and oxygen atoms in total. The minimum absolute atomic E-state index is 0.305. The Kier molecular flexibility index (Phi) is 6.49. The molecule has 0 aliphatic heterocycles. The molecule has 23 heavy (non-hydrogen) atoms. The molecule has 2 aromatic carbocycles. The van der Waals surface area contributed by atoms with Crippen molar-refractivity contribution in [3.63, 3.8) is 0 Å². The van der Waals surface area contributed by atoms with Crippen molar-refractivity contribution < 1.29 is 9.53 Å². The van der Waals surface area contributed by atoms with Crippen LogP contribution in [0.1, 0.15) is 37.0 Å². The van der Waals surface area contributed by atoms with Crippen LogP contribution < -0.4 is 4.74 Å². The average molecular weight is 351 g/mol. The summed E-state index contributed by atoms with van der Waals surface area (Å²) in [6.45, 7) is 4.33. The molecule has 0 unspecified atom stereocenters. The summed E-state index contributed by atoms with van der Waals surface area (Å²) in [5.74, 6) is 1.08. The molecular formula is C19H20Cl2O2. The molecule has 0 radical (unpaired) electrons. The van der Waals surface area contributed by atoms with Crippen molar-refractivity contribution in [1.82, 2.24) is 0 Å². The molecule has 4 heteroatoms. The van der Waals surface area contributed by atoms with Gasteiger partial charge in [-0.1, -0.05) is 49.2 Å². The van der Waals surface area contributed by atoms with E-state index in [0.717, 1.165) is 23.3 Å². The van der Waals surface area contributed by atoms with Gasteiger partial charge in [0.15, 0.2) is 0 Å². The van der Waals surface area contributed by atoms with Crippen LogP contribution in [-0.4, -0.2) is 5.78 Å². The standard InChI is InChI=1S/C17H14Cl2O2.C2H6/c18-16-2-1-3-17(19)15(16)10-21-14-7-5-11-8-13(20)6-4-12(11)9-14;1-2/h1-3,5,7,9H,4,6,8,10H2;1-2H3. The smallest absolute Gasteiger partial charge is 0.137 e. The Hall–Kier alpha value is -1.51. The molecule has 122 valence electrons. The highest BCUT2D eigenvalue weighted by Crippen LogP contribution is 2.28. The summed E-state index contributed by atoms with van der Waals surface area (Å²) >= 11 is 12.3. The van der Waals surface area contributed by atoms with Gasteiger partial charge in [0.05, 0.1) is 0 Å². The van der Waals surface area contributed by atoms with Crippen molar-refractivity contribution in [1.29, 1.82) is 0 Å². The van der Waals surface area contributed by atoms with Crippen molar-refractivity contribution >= 4 is 29.0 Å². The van der Waals surface area contributed by atoms with Gasteiger partial charge in [0.1, 0.15) is 18.1 Å². The highest BCUT2D eigenvalue weighted by atomic mass is 35.5. The normalized spacial score (nSPS) is 13.0. The van der Waals surface area contributed by atoms with E-state index in [1.807, 2.05) is 38.1 Å². The quantitative estimate of drug-likeness (QED) is 0.714. The Balaban J connectivity index is 0.000000924. The van der Waals surface area contributed by atoms with Crippen LogP contribution in [0.4, 0.5) is 0 Å². The van der Waals surface area contributed by atoms with E-state index in [2.05, 4.69) is 0 Å². The van der Waals surface area contributed by atoms with Gasteiger partial charge in [-0.3, -0.25) is 4.79 Å². The van der Waals surface area contributed by atoms with Gasteiger partial charge < -0.3 is 4.74 Å². The number of benzene rings is 2. The second kappa shape index (κ2) is 8.37. The molecule has 0 aromatic heterocycles. The van der Waals surface area contributed by atoms with Crippen molar-refractivity contribution in [2.24, 2.45) is 0 Å². The molecule has 3 rings (SSSR count). The van der Waals surface area contributed by atoms with Crippen molar-refractivity contribution in [2.75, 3.05) is 0 Å². The number of ether oxygens (including phenoxy) is 1. The van der Waals surface area contributed by atoms with Gasteiger partial charge in [0.25, 0.3) is 0 Å². The van der Waals surface area contributed by atoms with Crippen LogP contribution in [0.25, 0.3) is 0 Å². The number of ketones is 1. The summed E-state index contributed by atoms with van der Waals surface area (Å²) in [7, 11) is 0. The highest BCUT2D eigenvalue weighted by molar-refractivity contribution is 6.35. The lowest BCUT2D eigenvalue weighted by molar-refractivity contribution is -0.118. The monoisotopic (exact) mass is 350 g/mol. The number of carbonyl (C=O) groups excluding carboxylic acids is 1. The van der Waals surface area contributed by atoms with Gasteiger partial charge >= 0.3 is 0 Å². The zero-order valence-electron chi connectivity index (χ0n) is 13.4. The zero-order chi connectivity index (χ0) is 16.8. The number of aryl methyl sites for hydroxylation is 1. The summed E-state index contributed by atoms with van der Waals surface area (Å²) in [5.41, 5.74) is 3.08. The third-order valence-electron chi connectivity index (χ3n) is 3.68. The summed E-state index contributed by atoms with van der Waals surface area (Å²) < 4.78 is 5.79. The largest absolute Gasteiger partial charge is 0.489 e. The first-order chi connectivity index (χ1) is 11.1. The van der Waals surface area contributed by atoms with E-state index < -0.39 is 0 Å². The number of rotatable bonds is 3. The number of carbonyl (C=O) groups is 1. The van der Waals surface area contributed by atoms with Gasteiger partial charge in [-0.25, -0.2) is 0 Å². The second-order valence-corrected chi connectivity index (χ2v) is 5.95. The van der Waals surface area contributed by atoms with Crippen molar-refractivity contribution in [3.8, 4) is 5.75 Å². The maximum Gasteiger partial charge on any atom is 0.137 e. The fourth-order valence-electron chi connectivity index (χ4n) is 2.50. The van der Waals surface area contributed by atoms with E-state index in [9.17, 15) is 4.79 Å². The molecule has 0 atom stereocenters. The first-order valence-electron chi connectivity index (χ1n) is 7.82. The summed E-state index contributed by atoms with van der Waals surface area (Å²) in [5, 5.41) is 1.21. The third-order valence-corrected chi connectivity index (χ3v) is 4.39. The second-order valence-electron chi connectivity index (χ2n) is 5.13. The summed E-state index contributed by atoms with van der Waals surface area (Å²) in [6, 6.07) is 11.3. The Morgan fingerprint density at radius 2 is 1.70 bits per heavy atom. The topological polar surface area (TPSA) is 26.3 Å². The number of fused-ring (bicyclic) bond motifs is 1. The molecular weight excluding hydrogens is 331 g/mol. The Morgan fingerprint density at radius 1 is 1.00 bits per heavy atom. The van der Waals surface area contributed by atoms with E-state index in [0.29, 0.717) is 35.3 Å². The van der Waals surface area contributed by atoms with E-state index in [1.54, 1.807) is 12.1 Å². The minimum Gasteiger partial charge on any atom is -0.489 e. The fourth-order valence-corrected chi connectivity index (χ4v) is 3.00. The van der Waals surface area contributed by atoms with Crippen LogP contribution in [0.3, 0.4) is 0 Å². The maximum atomic E-state index is 11.4. The fraction of sp³-hybridized carbons (Fsp3) is 0.316. The molecule has 1 aliphatic rings. The molecule has 0 N–H and O–H groups in total. The van der Waals surface area contributed by atoms with Gasteiger partial charge in [0.2, 0.25) is 0 Å². The van der Waals surface area contributed by atoms with Gasteiger partial charge in [-0.05, 0) is 41.8 Å². The third kappa shape index (κ3) is 4.49. The van der Waals surface area contributed by atoms with Gasteiger partial charge in [-0.15, -0.1) is 0 Å². The first kappa shape index (κ1) is 17.8. The number of hydrogen-bond acceptors (Lipinski definition) is 2. The Bertz CT molecular complexity index is 676. The Labute approximate surface area is 147 Å². The number of halogens is 2. The SMILES string of the molecule is CC.O=C1CCc2cc(OCc3c(Cl)cccc3Cl)ccc2C1. The molecule has 0 bridgehead atoms. The average Bonchev–Trinajstić information content (AvgIpc) is 2.56. The first-order valence-corrected chi connectivity index (χ1v) is 8.58. The molecule has 0 amide bonds. The van der Waals surface area contributed by atoms with Gasteiger partial charge in [-0.2, -0.15) is 0 Å². The minimum atomic E-state index is 0.305. The van der Waals surface area contributed by atoms with E-state index in [4.69, 9.17) is 27.9 Å². The molecule has 1 aliphatic carbocycles. The van der Waals surface area contributed by atoms with Crippen LogP contribution >= 0.6 is 23.2 Å². The highest BCUT2D eigenvalue weighted by Gasteiger charge is 2.16. The maximum absolute atomic E-state index is 11.4. The van der Waals surface area contributed by atoms with Crippen LogP contribution in [0.5, 0.6) is 5.75 Å². The zero-order valence-corrected chi connectivity index (χ0v) is 14.9. The van der Waals surface area contributed by atoms with Crippen molar-refractivity contribution in [2.45, 2.75) is 39.7 Å². The lowest BCUT2D eigenvalue weighted by Crippen LogP contribution is -2.13. The molecule has 0 saturated carbocycles. The number of Topliss-reactive ketones (excluding diaryl/α,β-unsaturated/α-hetero) is 1. The van der Waals surface area contributed by atoms with E-state index in [-0.39, 0.29) is 0 Å². The molecule has 0 fully saturated rings. The summed E-state index contributed by atoms with van der Waals surface area (Å²) in [6.07, 6.45) is 1.94. The van der Waals surface area contributed by atoms with E-state index in [1.165, 1.54) is 5.56 Å². The predicted octanol–water partition coefficient (Wildman–Crippen LogP) is 5.66. The van der Waals surface area contributed by atoms with Gasteiger partial charge in [0, 0.05) is 28.5 Å². The Morgan fingerprint density at radius 3 is 2.39 bits per heavy atom. The molecule has 0 heterocycles. The lowest BCUT2D eigenvalue weighted by atomic mass is 9.91. The van der Waals surface area contributed by atoms with Crippen molar-refractivity contribution in [3.05, 3.63) is 63.1 Å².